The van der Waals surface area contributed by atoms with Gasteiger partial charge in [0.15, 0.2) is 0 Å². The minimum absolute atomic E-state index is 0.271. The van der Waals surface area contributed by atoms with E-state index in [1.807, 2.05) is 12.1 Å². The lowest BCUT2D eigenvalue weighted by molar-refractivity contribution is 0.185. The second-order valence-corrected chi connectivity index (χ2v) is 3.91. The number of rotatable bonds is 5. The number of nitrogens with two attached hydrogens (primary N) is 1. The van der Waals surface area contributed by atoms with Crippen LogP contribution in [0.2, 0.25) is 0 Å². The van der Waals surface area contributed by atoms with E-state index < -0.39 is 0 Å². The van der Waals surface area contributed by atoms with Crippen molar-refractivity contribution >= 4 is 11.8 Å². The first-order valence-corrected chi connectivity index (χ1v) is 5.67. The molecule has 5 nitrogen and oxygen atoms in total. The van der Waals surface area contributed by atoms with Gasteiger partial charge < -0.3 is 15.8 Å². The molecule has 0 aliphatic heterocycles. The van der Waals surface area contributed by atoms with Gasteiger partial charge in [0.1, 0.15) is 5.82 Å². The van der Waals surface area contributed by atoms with Crippen LogP contribution in [0.4, 0.5) is 11.8 Å². The molecule has 1 aromatic heterocycles. The number of methoxy groups -OCH3 is 1. The number of aromatic nitrogens is 2. The molecule has 18 heavy (non-hydrogen) atoms. The van der Waals surface area contributed by atoms with E-state index in [9.17, 15) is 0 Å². The average molecular weight is 244 g/mol. The van der Waals surface area contributed by atoms with Crippen molar-refractivity contribution in [1.82, 2.24) is 9.97 Å². The zero-order chi connectivity index (χ0) is 12.8. The van der Waals surface area contributed by atoms with E-state index in [1.54, 1.807) is 19.4 Å². The first kappa shape index (κ1) is 12.3. The van der Waals surface area contributed by atoms with E-state index in [4.69, 9.17) is 10.5 Å². The summed E-state index contributed by atoms with van der Waals surface area (Å²) in [6.45, 7) is 1.31. The summed E-state index contributed by atoms with van der Waals surface area (Å²) in [5, 5.41) is 3.20. The molecule has 0 bridgehead atoms. The van der Waals surface area contributed by atoms with Crippen molar-refractivity contribution in [1.29, 1.82) is 0 Å². The van der Waals surface area contributed by atoms with Gasteiger partial charge in [-0.05, 0) is 17.2 Å². The van der Waals surface area contributed by atoms with Crippen molar-refractivity contribution < 1.29 is 4.74 Å². The van der Waals surface area contributed by atoms with Gasteiger partial charge in [0, 0.05) is 19.9 Å². The summed E-state index contributed by atoms with van der Waals surface area (Å²) in [6, 6.07) is 9.99. The van der Waals surface area contributed by atoms with Gasteiger partial charge in [0.25, 0.3) is 0 Å². The van der Waals surface area contributed by atoms with Crippen LogP contribution in [0, 0.1) is 0 Å². The van der Waals surface area contributed by atoms with Crippen LogP contribution in [-0.2, 0) is 17.9 Å². The molecule has 0 aliphatic carbocycles. The molecule has 0 fully saturated rings. The van der Waals surface area contributed by atoms with Crippen LogP contribution in [0.3, 0.4) is 0 Å². The highest BCUT2D eigenvalue weighted by Crippen LogP contribution is 2.09. The Morgan fingerprint density at radius 2 is 2.11 bits per heavy atom. The molecule has 94 valence electrons. The number of benzene rings is 1. The normalized spacial score (nSPS) is 10.3. The van der Waals surface area contributed by atoms with Crippen LogP contribution in [-0.4, -0.2) is 17.1 Å². The summed E-state index contributed by atoms with van der Waals surface area (Å²) < 4.78 is 5.10. The van der Waals surface area contributed by atoms with Crippen LogP contribution in [0.5, 0.6) is 0 Å². The topological polar surface area (TPSA) is 73.1 Å². The quantitative estimate of drug-likeness (QED) is 0.839. The molecule has 1 heterocycles. The molecule has 0 saturated carbocycles. The van der Waals surface area contributed by atoms with E-state index >= 15 is 0 Å². The maximum absolute atomic E-state index is 5.51. The smallest absolute Gasteiger partial charge is 0.221 e. The summed E-state index contributed by atoms with van der Waals surface area (Å²) in [6.07, 6.45) is 1.63. The summed E-state index contributed by atoms with van der Waals surface area (Å²) in [5.41, 5.74) is 7.83. The Hall–Kier alpha value is -2.14. The molecule has 0 radical (unpaired) electrons. The van der Waals surface area contributed by atoms with Gasteiger partial charge in [-0.15, -0.1) is 0 Å². The van der Waals surface area contributed by atoms with Gasteiger partial charge in [-0.3, -0.25) is 0 Å². The zero-order valence-corrected chi connectivity index (χ0v) is 10.3. The van der Waals surface area contributed by atoms with E-state index in [0.29, 0.717) is 13.2 Å². The molecule has 0 unspecified atom stereocenters. The average Bonchev–Trinajstić information content (AvgIpc) is 2.37. The zero-order valence-electron chi connectivity index (χ0n) is 10.3. The Bertz CT molecular complexity index is 516. The van der Waals surface area contributed by atoms with Crippen LogP contribution in [0.15, 0.2) is 36.5 Å². The van der Waals surface area contributed by atoms with Crippen molar-refractivity contribution in [3.63, 3.8) is 0 Å². The molecule has 2 rings (SSSR count). The Kier molecular flexibility index (Phi) is 4.09. The third-order valence-corrected chi connectivity index (χ3v) is 2.45. The molecule has 5 heteroatoms. The molecule has 0 spiro atoms. The van der Waals surface area contributed by atoms with Crippen molar-refractivity contribution in [3.8, 4) is 0 Å². The molecule has 0 saturated heterocycles. The fourth-order valence-electron chi connectivity index (χ4n) is 1.66. The molecule has 0 amide bonds. The van der Waals surface area contributed by atoms with Gasteiger partial charge in [0.2, 0.25) is 5.95 Å². The van der Waals surface area contributed by atoms with E-state index in [0.717, 1.165) is 11.4 Å². The predicted octanol–water partition coefficient (Wildman–Crippen LogP) is 1.82. The highest BCUT2D eigenvalue weighted by molar-refractivity contribution is 5.38. The highest BCUT2D eigenvalue weighted by Gasteiger charge is 1.98. The van der Waals surface area contributed by atoms with Gasteiger partial charge in [-0.1, -0.05) is 24.3 Å². The second-order valence-electron chi connectivity index (χ2n) is 3.91. The fourth-order valence-corrected chi connectivity index (χ4v) is 1.66. The monoisotopic (exact) mass is 244 g/mol. The molecule has 0 atom stereocenters. The maximum atomic E-state index is 5.51. The largest absolute Gasteiger partial charge is 0.380 e. The summed E-state index contributed by atoms with van der Waals surface area (Å²) in [4.78, 5) is 7.92. The maximum Gasteiger partial charge on any atom is 0.221 e. The van der Waals surface area contributed by atoms with Crippen molar-refractivity contribution in [2.24, 2.45) is 0 Å². The van der Waals surface area contributed by atoms with Crippen molar-refractivity contribution in [2.75, 3.05) is 18.2 Å². The second kappa shape index (κ2) is 5.97. The first-order valence-electron chi connectivity index (χ1n) is 5.67. The van der Waals surface area contributed by atoms with Crippen LogP contribution >= 0.6 is 0 Å². The highest BCUT2D eigenvalue weighted by atomic mass is 16.5. The number of nitrogen functional groups attached to an aromatic ring is 1. The third-order valence-electron chi connectivity index (χ3n) is 2.45. The van der Waals surface area contributed by atoms with Gasteiger partial charge in [0.05, 0.1) is 6.61 Å². The number of hydrogen-bond acceptors (Lipinski definition) is 5. The SMILES string of the molecule is COCc1cccc(CNc2ccnc(N)n2)c1. The van der Waals surface area contributed by atoms with Gasteiger partial charge >= 0.3 is 0 Å². The summed E-state index contributed by atoms with van der Waals surface area (Å²) in [7, 11) is 1.69. The predicted molar refractivity (Wildman–Crippen MR) is 70.9 cm³/mol. The number of nitrogens with zero attached hydrogens (tertiary/aromatic N) is 2. The van der Waals surface area contributed by atoms with Crippen LogP contribution < -0.4 is 11.1 Å². The lowest BCUT2D eigenvalue weighted by Crippen LogP contribution is -2.04. The van der Waals surface area contributed by atoms with E-state index in [-0.39, 0.29) is 5.95 Å². The molecule has 1 aromatic carbocycles. The van der Waals surface area contributed by atoms with Gasteiger partial charge in [-0.25, -0.2) is 4.98 Å². The molecule has 3 N–H and O–H groups in total. The number of anilines is 2. The Balaban J connectivity index is 1.99. The number of ether oxygens (including phenoxy) is 1. The molecular weight excluding hydrogens is 228 g/mol. The fraction of sp³-hybridized carbons (Fsp3) is 0.231. The van der Waals surface area contributed by atoms with E-state index in [2.05, 4.69) is 27.4 Å². The lowest BCUT2D eigenvalue weighted by atomic mass is 10.1. The third kappa shape index (κ3) is 3.43. The molecular formula is C13H16N4O. The lowest BCUT2D eigenvalue weighted by Gasteiger charge is -2.07. The number of hydrogen-bond donors (Lipinski definition) is 2. The summed E-state index contributed by atoms with van der Waals surface area (Å²) in [5.74, 6) is 0.993. The Morgan fingerprint density at radius 1 is 1.28 bits per heavy atom. The standard InChI is InChI=1S/C13H16N4O/c1-18-9-11-4-2-3-10(7-11)8-16-12-5-6-15-13(14)17-12/h2-7H,8-9H2,1H3,(H3,14,15,16,17). The van der Waals surface area contributed by atoms with E-state index in [1.165, 1.54) is 5.56 Å². The number of nitrogens with one attached hydrogen (secondary N) is 1. The molecule has 0 aliphatic rings. The summed E-state index contributed by atoms with van der Waals surface area (Å²) >= 11 is 0. The Morgan fingerprint density at radius 3 is 2.89 bits per heavy atom. The van der Waals surface area contributed by atoms with Crippen molar-refractivity contribution in [2.45, 2.75) is 13.2 Å². The van der Waals surface area contributed by atoms with Gasteiger partial charge in [-0.2, -0.15) is 4.98 Å². The minimum Gasteiger partial charge on any atom is -0.380 e. The molecule has 2 aromatic rings. The minimum atomic E-state index is 0.271. The van der Waals surface area contributed by atoms with Crippen LogP contribution in [0.1, 0.15) is 11.1 Å². The van der Waals surface area contributed by atoms with Crippen LogP contribution in [0.25, 0.3) is 0 Å². The Labute approximate surface area is 106 Å². The van der Waals surface area contributed by atoms with Crippen molar-refractivity contribution in [3.05, 3.63) is 47.7 Å². The first-order chi connectivity index (χ1) is 8.78.